The molecule has 1 saturated heterocycles. The van der Waals surface area contributed by atoms with Crippen molar-refractivity contribution < 1.29 is 0 Å². The van der Waals surface area contributed by atoms with Gasteiger partial charge >= 0.3 is 0 Å². The van der Waals surface area contributed by atoms with E-state index in [0.29, 0.717) is 29.1 Å². The van der Waals surface area contributed by atoms with Gasteiger partial charge in [0.05, 0.1) is 11.4 Å². The lowest BCUT2D eigenvalue weighted by molar-refractivity contribution is 0.128. The molecule has 0 amide bonds. The van der Waals surface area contributed by atoms with Crippen molar-refractivity contribution in [1.29, 1.82) is 0 Å². The zero-order valence-corrected chi connectivity index (χ0v) is 30.6. The Labute approximate surface area is 277 Å². The predicted molar refractivity (Wildman–Crippen MR) is 199 cm³/mol. The van der Waals surface area contributed by atoms with Crippen molar-refractivity contribution in [3.8, 4) is 0 Å². The summed E-state index contributed by atoms with van der Waals surface area (Å²) in [4.78, 5) is 11.1. The van der Waals surface area contributed by atoms with Gasteiger partial charge in [-0.25, -0.2) is 0 Å². The number of aliphatic imine (C=N–C) groups is 2. The predicted octanol–water partition coefficient (Wildman–Crippen LogP) is 12.7. The molecule has 1 aliphatic heterocycles. The Morgan fingerprint density at radius 2 is 0.867 bits per heavy atom. The van der Waals surface area contributed by atoms with Crippen molar-refractivity contribution in [3.05, 3.63) is 58.7 Å². The number of hydrogen-bond donors (Lipinski definition) is 1. The first-order chi connectivity index (χ1) is 21.4. The molecule has 2 aromatic carbocycles. The fourth-order valence-corrected chi connectivity index (χ4v) is 8.05. The fourth-order valence-electron chi connectivity index (χ4n) is 8.05. The first-order valence-corrected chi connectivity index (χ1v) is 18.5. The van der Waals surface area contributed by atoms with Crippen molar-refractivity contribution in [3.63, 3.8) is 0 Å². The molecule has 45 heavy (non-hydrogen) atoms. The average molecular weight is 612 g/mol. The highest BCUT2D eigenvalue weighted by molar-refractivity contribution is 5.94. The second kappa shape index (κ2) is 16.0. The topological polar surface area (TPSA) is 36.8 Å². The van der Waals surface area contributed by atoms with Crippen LogP contribution in [0, 0.1) is 5.41 Å². The minimum atomic E-state index is 0.252. The van der Waals surface area contributed by atoms with Gasteiger partial charge in [-0.2, -0.15) is 0 Å². The van der Waals surface area contributed by atoms with Crippen LogP contribution < -0.4 is 5.32 Å². The summed E-state index contributed by atoms with van der Waals surface area (Å²) < 4.78 is 0. The van der Waals surface area contributed by atoms with Gasteiger partial charge < -0.3 is 5.32 Å². The summed E-state index contributed by atoms with van der Waals surface area (Å²) >= 11 is 0. The van der Waals surface area contributed by atoms with Gasteiger partial charge in [-0.05, 0) is 90.9 Å². The summed E-state index contributed by atoms with van der Waals surface area (Å²) in [6.07, 6.45) is 14.7. The molecule has 0 bridgehead atoms. The van der Waals surface area contributed by atoms with Gasteiger partial charge in [0.2, 0.25) is 0 Å². The number of nitrogens with zero attached hydrogens (tertiary/aromatic N) is 2. The summed E-state index contributed by atoms with van der Waals surface area (Å²) in [6, 6.07) is 14.1. The second-order valence-corrected chi connectivity index (χ2v) is 15.9. The van der Waals surface area contributed by atoms with Crippen molar-refractivity contribution >= 4 is 22.8 Å². The zero-order chi connectivity index (χ0) is 32.7. The van der Waals surface area contributed by atoms with E-state index in [4.69, 9.17) is 9.98 Å². The molecule has 1 saturated carbocycles. The standard InChI is InChI=1S/C42H65N3/c1-28(2)34-20-18-21-35(29(3)4)40(34)43-32(9)38-26-42(24-16-14-12-11-13-15-17-25-42)27-39(45-38)33(10)44-41-36(30(5)6)22-19-23-37(41)31(7)8/h18-23,28-31,38-39,45H,11-17,24-27H2,1-10H3. The molecule has 2 fully saturated rings. The smallest absolute Gasteiger partial charge is 0.0698 e. The van der Waals surface area contributed by atoms with E-state index in [1.807, 2.05) is 0 Å². The zero-order valence-electron chi connectivity index (χ0n) is 30.6. The number of rotatable bonds is 8. The normalized spacial score (nSPS) is 22.2. The summed E-state index contributed by atoms with van der Waals surface area (Å²) in [5.41, 5.74) is 10.7. The van der Waals surface area contributed by atoms with Gasteiger partial charge in [0.25, 0.3) is 0 Å². The largest absolute Gasteiger partial charge is 0.301 e. The first kappa shape index (κ1) is 35.6. The maximum absolute atomic E-state index is 5.55. The molecular formula is C42H65N3. The number of hydrogen-bond acceptors (Lipinski definition) is 3. The molecule has 4 rings (SSSR count). The first-order valence-electron chi connectivity index (χ1n) is 18.5. The number of nitrogens with one attached hydrogen (secondary N) is 1. The Bertz CT molecular complexity index is 1160. The van der Waals surface area contributed by atoms with E-state index in [1.165, 1.54) is 116 Å². The lowest BCUT2D eigenvalue weighted by atomic mass is 9.66. The summed E-state index contributed by atoms with van der Waals surface area (Å²) in [7, 11) is 0. The maximum atomic E-state index is 5.55. The van der Waals surface area contributed by atoms with Crippen LogP contribution in [0.5, 0.6) is 0 Å². The van der Waals surface area contributed by atoms with Crippen LogP contribution in [0.4, 0.5) is 11.4 Å². The third-order valence-electron chi connectivity index (χ3n) is 10.9. The van der Waals surface area contributed by atoms with Crippen LogP contribution in [0.1, 0.15) is 186 Å². The lowest BCUT2D eigenvalue weighted by Gasteiger charge is -2.46. The van der Waals surface area contributed by atoms with Gasteiger partial charge in [0, 0.05) is 23.5 Å². The van der Waals surface area contributed by atoms with E-state index in [1.54, 1.807) is 0 Å². The number of para-hydroxylation sites is 2. The molecule has 1 spiro atoms. The number of piperidine rings is 1. The Balaban J connectivity index is 1.79. The minimum absolute atomic E-state index is 0.252. The van der Waals surface area contributed by atoms with E-state index in [2.05, 4.69) is 111 Å². The molecule has 1 heterocycles. The van der Waals surface area contributed by atoms with Crippen LogP contribution in [-0.2, 0) is 0 Å². The van der Waals surface area contributed by atoms with Crippen molar-refractivity contribution in [2.75, 3.05) is 0 Å². The van der Waals surface area contributed by atoms with Crippen molar-refractivity contribution in [2.45, 2.75) is 176 Å². The highest BCUT2D eigenvalue weighted by Gasteiger charge is 2.41. The fraction of sp³-hybridized carbons (Fsp3) is 0.667. The third-order valence-corrected chi connectivity index (χ3v) is 10.9. The molecule has 248 valence electrons. The summed E-state index contributed by atoms with van der Waals surface area (Å²) in [6.45, 7) is 23.0. The monoisotopic (exact) mass is 612 g/mol. The van der Waals surface area contributed by atoms with Gasteiger partial charge in [0.1, 0.15) is 0 Å². The van der Waals surface area contributed by atoms with Crippen LogP contribution in [0.2, 0.25) is 0 Å². The molecule has 2 atom stereocenters. The van der Waals surface area contributed by atoms with E-state index >= 15 is 0 Å². The molecule has 0 aromatic heterocycles. The van der Waals surface area contributed by atoms with Gasteiger partial charge in [-0.1, -0.05) is 137 Å². The van der Waals surface area contributed by atoms with Gasteiger partial charge in [-0.3, -0.25) is 9.98 Å². The van der Waals surface area contributed by atoms with E-state index in [-0.39, 0.29) is 12.1 Å². The number of benzene rings is 2. The minimum Gasteiger partial charge on any atom is -0.301 e. The summed E-state index contributed by atoms with van der Waals surface area (Å²) in [5.74, 6) is 1.77. The molecule has 1 N–H and O–H groups in total. The Morgan fingerprint density at radius 1 is 0.556 bits per heavy atom. The van der Waals surface area contributed by atoms with Gasteiger partial charge in [0.15, 0.2) is 0 Å². The van der Waals surface area contributed by atoms with Crippen LogP contribution in [-0.4, -0.2) is 23.5 Å². The lowest BCUT2D eigenvalue weighted by Crippen LogP contribution is -2.55. The molecule has 3 heteroatoms. The molecule has 2 unspecified atom stereocenters. The molecule has 1 aliphatic carbocycles. The van der Waals surface area contributed by atoms with Crippen LogP contribution >= 0.6 is 0 Å². The van der Waals surface area contributed by atoms with Crippen LogP contribution in [0.3, 0.4) is 0 Å². The van der Waals surface area contributed by atoms with Crippen LogP contribution in [0.15, 0.2) is 46.4 Å². The quantitative estimate of drug-likeness (QED) is 0.296. The second-order valence-electron chi connectivity index (χ2n) is 15.9. The Morgan fingerprint density at radius 3 is 1.18 bits per heavy atom. The van der Waals surface area contributed by atoms with E-state index < -0.39 is 0 Å². The molecule has 3 nitrogen and oxygen atoms in total. The Kier molecular flexibility index (Phi) is 12.7. The third kappa shape index (κ3) is 8.97. The van der Waals surface area contributed by atoms with Crippen molar-refractivity contribution in [1.82, 2.24) is 5.32 Å². The van der Waals surface area contributed by atoms with E-state index in [0.717, 1.165) is 0 Å². The average Bonchev–Trinajstić information content (AvgIpc) is 2.99. The van der Waals surface area contributed by atoms with Crippen LogP contribution in [0.25, 0.3) is 0 Å². The SMILES string of the molecule is CC(=Nc1c(C(C)C)cccc1C(C)C)C1CC2(CCCCCCCCC2)CC(C(C)=Nc2c(C(C)C)cccc2C(C)C)N1. The molecule has 0 radical (unpaired) electrons. The van der Waals surface area contributed by atoms with E-state index in [9.17, 15) is 0 Å². The summed E-state index contributed by atoms with van der Waals surface area (Å²) in [5, 5.41) is 4.16. The highest BCUT2D eigenvalue weighted by Crippen LogP contribution is 2.45. The Hall–Kier alpha value is -2.26. The molecule has 2 aliphatic rings. The highest BCUT2D eigenvalue weighted by atomic mass is 15.0. The molecular weight excluding hydrogens is 546 g/mol. The maximum Gasteiger partial charge on any atom is 0.0698 e. The van der Waals surface area contributed by atoms with Gasteiger partial charge in [-0.15, -0.1) is 0 Å². The van der Waals surface area contributed by atoms with Crippen molar-refractivity contribution in [2.24, 2.45) is 15.4 Å². The molecule has 2 aromatic rings.